The predicted octanol–water partition coefficient (Wildman–Crippen LogP) is 1.83. The van der Waals surface area contributed by atoms with Crippen LogP contribution in [0.25, 0.3) is 0 Å². The molecule has 0 fully saturated rings. The first-order chi connectivity index (χ1) is 12.1. The predicted molar refractivity (Wildman–Crippen MR) is 91.2 cm³/mol. The lowest BCUT2D eigenvalue weighted by Crippen LogP contribution is -2.48. The van der Waals surface area contributed by atoms with Gasteiger partial charge in [-0.05, 0) is 29.8 Å². The second-order valence-corrected chi connectivity index (χ2v) is 6.31. The van der Waals surface area contributed by atoms with Gasteiger partial charge in [-0.15, -0.1) is 0 Å². The smallest absolute Gasteiger partial charge is 0.191 e. The number of fused-ring (bicyclic) bond motifs is 1. The first-order valence-corrected chi connectivity index (χ1v) is 8.18. The Labute approximate surface area is 147 Å². The van der Waals surface area contributed by atoms with Crippen molar-refractivity contribution in [2.75, 3.05) is 19.6 Å². The number of hydrogen-bond donors (Lipinski definition) is 1. The van der Waals surface area contributed by atoms with Gasteiger partial charge in [0.05, 0.1) is 23.4 Å². The number of nitrogens with two attached hydrogens (primary N) is 1. The first-order valence-electron chi connectivity index (χ1n) is 8.18. The molecule has 0 aromatic carbocycles. The van der Waals surface area contributed by atoms with Gasteiger partial charge in [0.15, 0.2) is 5.41 Å². The lowest BCUT2D eigenvalue weighted by Gasteiger charge is -2.45. The zero-order valence-corrected chi connectivity index (χ0v) is 14.0. The summed E-state index contributed by atoms with van der Waals surface area (Å²) in [6.45, 7) is 4.34. The highest BCUT2D eigenvalue weighted by molar-refractivity contribution is 5.59. The highest BCUT2D eigenvalue weighted by atomic mass is 15.1. The average molecular weight is 330 g/mol. The number of allylic oxidation sites excluding steroid dienone is 2. The van der Waals surface area contributed by atoms with Crippen LogP contribution in [-0.4, -0.2) is 29.5 Å². The summed E-state index contributed by atoms with van der Waals surface area (Å²) in [5, 5.41) is 29.5. The summed E-state index contributed by atoms with van der Waals surface area (Å²) in [6.07, 6.45) is 5.31. The molecule has 2 atom stereocenters. The fourth-order valence-electron chi connectivity index (χ4n) is 3.94. The Morgan fingerprint density at radius 1 is 1.28 bits per heavy atom. The van der Waals surface area contributed by atoms with Crippen LogP contribution in [0.5, 0.6) is 0 Å². The average Bonchev–Trinajstić information content (AvgIpc) is 2.67. The maximum atomic E-state index is 9.93. The van der Waals surface area contributed by atoms with Crippen molar-refractivity contribution in [3.05, 3.63) is 53.0 Å². The molecule has 25 heavy (non-hydrogen) atoms. The molecule has 0 radical (unpaired) electrons. The molecular formula is C19H18N6. The highest BCUT2D eigenvalue weighted by Crippen LogP contribution is 2.53. The van der Waals surface area contributed by atoms with E-state index in [1.807, 2.05) is 18.2 Å². The molecule has 1 aliphatic carbocycles. The van der Waals surface area contributed by atoms with Gasteiger partial charge in [0.2, 0.25) is 0 Å². The Morgan fingerprint density at radius 3 is 2.52 bits per heavy atom. The van der Waals surface area contributed by atoms with E-state index in [9.17, 15) is 15.8 Å². The maximum absolute atomic E-state index is 9.93. The quantitative estimate of drug-likeness (QED) is 0.885. The van der Waals surface area contributed by atoms with Gasteiger partial charge in [0.1, 0.15) is 6.07 Å². The summed E-state index contributed by atoms with van der Waals surface area (Å²) in [4.78, 5) is 6.27. The molecule has 0 saturated carbocycles. The van der Waals surface area contributed by atoms with E-state index in [2.05, 4.69) is 35.0 Å². The number of hydrogen-bond acceptors (Lipinski definition) is 6. The molecule has 0 saturated heterocycles. The molecule has 0 bridgehead atoms. The zero-order chi connectivity index (χ0) is 18.0. The van der Waals surface area contributed by atoms with Crippen LogP contribution in [0, 0.1) is 45.3 Å². The Balaban J connectivity index is 2.30. The molecule has 6 heteroatoms. The van der Waals surface area contributed by atoms with E-state index >= 15 is 0 Å². The third-order valence-corrected chi connectivity index (χ3v) is 5.25. The van der Waals surface area contributed by atoms with Crippen molar-refractivity contribution in [2.24, 2.45) is 17.1 Å². The van der Waals surface area contributed by atoms with Gasteiger partial charge in [-0.25, -0.2) is 0 Å². The Kier molecular flexibility index (Phi) is 4.28. The molecule has 0 amide bonds. The molecule has 1 aromatic heterocycles. The minimum absolute atomic E-state index is 0.0641. The third-order valence-electron chi connectivity index (χ3n) is 5.25. The number of likely N-dealkylation sites (N-methyl/N-ethyl adjacent to an activating group) is 1. The van der Waals surface area contributed by atoms with E-state index in [-0.39, 0.29) is 17.2 Å². The van der Waals surface area contributed by atoms with E-state index in [0.29, 0.717) is 6.54 Å². The standard InChI is InChI=1S/C19H18N6/c1-2-25-8-5-14-15(9-20)18(23)19(11-21,12-22)17(16(14)10-25)13-3-6-24-7-4-13/h3-7,16-17H,2,8,10,23H2,1H3/t16-,17-/m0/s1. The number of rotatable bonds is 2. The number of pyridine rings is 1. The molecule has 2 N–H and O–H groups in total. The molecule has 6 nitrogen and oxygen atoms in total. The topological polar surface area (TPSA) is 114 Å². The summed E-state index contributed by atoms with van der Waals surface area (Å²) >= 11 is 0. The fourth-order valence-corrected chi connectivity index (χ4v) is 3.94. The van der Waals surface area contributed by atoms with Crippen molar-refractivity contribution >= 4 is 0 Å². The van der Waals surface area contributed by atoms with Gasteiger partial charge in [0.25, 0.3) is 0 Å². The minimum Gasteiger partial charge on any atom is -0.399 e. The Morgan fingerprint density at radius 2 is 1.96 bits per heavy atom. The van der Waals surface area contributed by atoms with E-state index in [1.165, 1.54) is 0 Å². The van der Waals surface area contributed by atoms with Crippen molar-refractivity contribution < 1.29 is 0 Å². The second kappa shape index (κ2) is 6.40. The highest BCUT2D eigenvalue weighted by Gasteiger charge is 2.54. The van der Waals surface area contributed by atoms with Crippen LogP contribution in [0.4, 0.5) is 0 Å². The van der Waals surface area contributed by atoms with Crippen molar-refractivity contribution in [1.29, 1.82) is 15.8 Å². The van der Waals surface area contributed by atoms with Crippen LogP contribution in [0.15, 0.2) is 47.4 Å². The molecule has 0 unspecified atom stereocenters. The SMILES string of the molecule is CCN1CC=C2C(C#N)=C(N)C(C#N)(C#N)[C@@H](c3ccncc3)[C@H]2C1. The monoisotopic (exact) mass is 330 g/mol. The normalized spacial score (nSPS) is 25.1. The Bertz CT molecular complexity index is 848. The molecule has 2 aliphatic rings. The first kappa shape index (κ1) is 16.7. The van der Waals surface area contributed by atoms with Crippen LogP contribution in [0.3, 0.4) is 0 Å². The summed E-state index contributed by atoms with van der Waals surface area (Å²) in [7, 11) is 0. The number of nitriles is 3. The maximum Gasteiger partial charge on any atom is 0.191 e. The third kappa shape index (κ3) is 2.38. The minimum atomic E-state index is -1.56. The molecule has 0 spiro atoms. The fraction of sp³-hybridized carbons (Fsp3) is 0.368. The van der Waals surface area contributed by atoms with E-state index in [4.69, 9.17) is 5.73 Å². The summed E-state index contributed by atoms with van der Waals surface area (Å²) in [5.74, 6) is -0.583. The summed E-state index contributed by atoms with van der Waals surface area (Å²) in [6, 6.07) is 10.0. The number of aromatic nitrogens is 1. The molecule has 2 heterocycles. The van der Waals surface area contributed by atoms with Crippen molar-refractivity contribution in [3.8, 4) is 18.2 Å². The zero-order valence-electron chi connectivity index (χ0n) is 14.0. The largest absolute Gasteiger partial charge is 0.399 e. The van der Waals surface area contributed by atoms with Crippen LogP contribution in [0.1, 0.15) is 18.4 Å². The van der Waals surface area contributed by atoms with Gasteiger partial charge in [-0.1, -0.05) is 13.0 Å². The number of nitrogens with zero attached hydrogens (tertiary/aromatic N) is 5. The van der Waals surface area contributed by atoms with Gasteiger partial charge in [-0.2, -0.15) is 15.8 Å². The van der Waals surface area contributed by atoms with Crippen molar-refractivity contribution in [1.82, 2.24) is 9.88 Å². The lowest BCUT2D eigenvalue weighted by atomic mass is 9.58. The van der Waals surface area contributed by atoms with Crippen LogP contribution in [0.2, 0.25) is 0 Å². The van der Waals surface area contributed by atoms with E-state index in [0.717, 1.165) is 24.2 Å². The molecule has 124 valence electrons. The van der Waals surface area contributed by atoms with Gasteiger partial charge >= 0.3 is 0 Å². The van der Waals surface area contributed by atoms with Crippen LogP contribution in [-0.2, 0) is 0 Å². The van der Waals surface area contributed by atoms with Crippen molar-refractivity contribution in [3.63, 3.8) is 0 Å². The molecule has 1 aromatic rings. The molecule has 3 rings (SSSR count). The Hall–Kier alpha value is -3.14. The molecular weight excluding hydrogens is 312 g/mol. The van der Waals surface area contributed by atoms with E-state index in [1.54, 1.807) is 12.4 Å². The van der Waals surface area contributed by atoms with E-state index < -0.39 is 11.3 Å². The molecule has 1 aliphatic heterocycles. The van der Waals surface area contributed by atoms with Gasteiger partial charge < -0.3 is 5.73 Å². The summed E-state index contributed by atoms with van der Waals surface area (Å²) in [5.41, 5.74) is 6.71. The van der Waals surface area contributed by atoms with Crippen LogP contribution >= 0.6 is 0 Å². The lowest BCUT2D eigenvalue weighted by molar-refractivity contribution is 0.214. The second-order valence-electron chi connectivity index (χ2n) is 6.31. The van der Waals surface area contributed by atoms with Gasteiger partial charge in [-0.3, -0.25) is 9.88 Å². The summed E-state index contributed by atoms with van der Waals surface area (Å²) < 4.78 is 0. The van der Waals surface area contributed by atoms with Crippen LogP contribution < -0.4 is 5.73 Å². The van der Waals surface area contributed by atoms with Crippen molar-refractivity contribution in [2.45, 2.75) is 12.8 Å². The van der Waals surface area contributed by atoms with Gasteiger partial charge in [0, 0.05) is 37.3 Å².